The molecule has 0 heterocycles. The van der Waals surface area contributed by atoms with E-state index in [4.69, 9.17) is 0 Å². The maximum atomic E-state index is 4.04. The lowest BCUT2D eigenvalue weighted by molar-refractivity contribution is 0.885. The minimum absolute atomic E-state index is 0.697. The van der Waals surface area contributed by atoms with Gasteiger partial charge in [-0.3, -0.25) is 0 Å². The fourth-order valence-electron chi connectivity index (χ4n) is 4.21. The van der Waals surface area contributed by atoms with Gasteiger partial charge in [-0.15, -0.1) is 6.58 Å². The van der Waals surface area contributed by atoms with E-state index in [1.807, 2.05) is 0 Å². The monoisotopic (exact) mass is 340 g/mol. The van der Waals surface area contributed by atoms with Crippen molar-refractivity contribution in [1.82, 2.24) is 0 Å². The van der Waals surface area contributed by atoms with Crippen molar-refractivity contribution in [3.8, 4) is 0 Å². The quantitative estimate of drug-likeness (QED) is 0.362. The zero-order valence-corrected chi connectivity index (χ0v) is 15.5. The lowest BCUT2D eigenvalue weighted by Gasteiger charge is -2.34. The third-order valence-electron chi connectivity index (χ3n) is 5.65. The molecule has 0 saturated heterocycles. The summed E-state index contributed by atoms with van der Waals surface area (Å²) >= 11 is 0. The van der Waals surface area contributed by atoms with E-state index in [9.17, 15) is 0 Å². The van der Waals surface area contributed by atoms with Crippen molar-refractivity contribution in [1.29, 1.82) is 0 Å². The highest BCUT2D eigenvalue weighted by Gasteiger charge is 2.46. The molecule has 1 saturated carbocycles. The van der Waals surface area contributed by atoms with E-state index in [1.165, 1.54) is 28.0 Å². The van der Waals surface area contributed by atoms with Gasteiger partial charge in [0.2, 0.25) is 0 Å². The molecule has 0 bridgehead atoms. The molecule has 0 amide bonds. The molecule has 2 atom stereocenters. The van der Waals surface area contributed by atoms with Crippen molar-refractivity contribution < 1.29 is 0 Å². The molecule has 3 aromatic rings. The molecule has 0 radical (unpaired) electrons. The summed E-state index contributed by atoms with van der Waals surface area (Å²) in [6.07, 6.45) is 3.45. The SMILES string of the molecule is C=C[C@H]1C[C@H]1C[Si](c1ccccc1)(c1ccccc1)c1ccccc1. The predicted octanol–water partition coefficient (Wildman–Crippen LogP) is 3.98. The van der Waals surface area contributed by atoms with Gasteiger partial charge in [0.15, 0.2) is 0 Å². The third-order valence-corrected chi connectivity index (χ3v) is 10.7. The zero-order chi connectivity index (χ0) is 17.1. The Labute approximate surface area is 151 Å². The van der Waals surface area contributed by atoms with E-state index in [2.05, 4.69) is 104 Å². The molecule has 1 aliphatic carbocycles. The van der Waals surface area contributed by atoms with Crippen LogP contribution < -0.4 is 15.6 Å². The smallest absolute Gasteiger partial charge is 0.103 e. The third kappa shape index (κ3) is 3.00. The van der Waals surface area contributed by atoms with Crippen LogP contribution in [0.5, 0.6) is 0 Å². The van der Waals surface area contributed by atoms with Crippen LogP contribution in [-0.2, 0) is 0 Å². The highest BCUT2D eigenvalue weighted by Crippen LogP contribution is 2.44. The lowest BCUT2D eigenvalue weighted by Crippen LogP contribution is -2.67. The molecule has 0 unspecified atom stereocenters. The van der Waals surface area contributed by atoms with Crippen LogP contribution in [0.15, 0.2) is 104 Å². The molecule has 3 aromatic carbocycles. The highest BCUT2D eigenvalue weighted by atomic mass is 28.3. The van der Waals surface area contributed by atoms with Crippen LogP contribution in [0.1, 0.15) is 6.42 Å². The topological polar surface area (TPSA) is 0 Å². The second-order valence-corrected chi connectivity index (χ2v) is 11.1. The van der Waals surface area contributed by atoms with Gasteiger partial charge in [-0.05, 0) is 39.9 Å². The van der Waals surface area contributed by atoms with E-state index < -0.39 is 8.07 Å². The van der Waals surface area contributed by atoms with Crippen LogP contribution in [0, 0.1) is 11.8 Å². The first kappa shape index (κ1) is 16.1. The second-order valence-electron chi connectivity index (χ2n) is 7.10. The lowest BCUT2D eigenvalue weighted by atomic mass is 10.3. The van der Waals surface area contributed by atoms with Gasteiger partial charge in [-0.1, -0.05) is 97.1 Å². The molecular formula is C24H24Si. The molecule has 1 fully saturated rings. The van der Waals surface area contributed by atoms with Gasteiger partial charge in [0.1, 0.15) is 8.07 Å². The summed E-state index contributed by atoms with van der Waals surface area (Å²) in [6, 6.07) is 34.9. The Morgan fingerprint density at radius 2 is 1.12 bits per heavy atom. The van der Waals surface area contributed by atoms with Crippen LogP contribution in [-0.4, -0.2) is 8.07 Å². The summed E-state index contributed by atoms with van der Waals surface area (Å²) < 4.78 is 0. The maximum absolute atomic E-state index is 4.04. The van der Waals surface area contributed by atoms with Crippen LogP contribution in [0.2, 0.25) is 6.04 Å². The largest absolute Gasteiger partial charge is 0.148 e. The van der Waals surface area contributed by atoms with Crippen LogP contribution >= 0.6 is 0 Å². The number of hydrogen-bond acceptors (Lipinski definition) is 0. The van der Waals surface area contributed by atoms with Gasteiger partial charge >= 0.3 is 0 Å². The predicted molar refractivity (Wildman–Crippen MR) is 111 cm³/mol. The molecule has 0 spiro atoms. The molecular weight excluding hydrogens is 316 g/mol. The number of hydrogen-bond donors (Lipinski definition) is 0. The summed E-state index contributed by atoms with van der Waals surface area (Å²) in [5.74, 6) is 1.47. The van der Waals surface area contributed by atoms with Gasteiger partial charge in [0.25, 0.3) is 0 Å². The summed E-state index contributed by atoms with van der Waals surface area (Å²) in [7, 11) is -2.03. The van der Waals surface area contributed by atoms with Crippen LogP contribution in [0.3, 0.4) is 0 Å². The Morgan fingerprint density at radius 3 is 1.44 bits per heavy atom. The first-order valence-corrected chi connectivity index (χ1v) is 11.3. The van der Waals surface area contributed by atoms with Crippen molar-refractivity contribution in [2.45, 2.75) is 12.5 Å². The molecule has 0 nitrogen and oxygen atoms in total. The second kappa shape index (κ2) is 6.85. The summed E-state index contributed by atoms with van der Waals surface area (Å²) in [5, 5.41) is 4.55. The minimum atomic E-state index is -2.03. The average Bonchev–Trinajstić information content (AvgIpc) is 3.46. The Morgan fingerprint density at radius 1 is 0.720 bits per heavy atom. The minimum Gasteiger partial charge on any atom is -0.103 e. The fraction of sp³-hybridized carbons (Fsp3) is 0.167. The number of rotatable bonds is 6. The van der Waals surface area contributed by atoms with Gasteiger partial charge in [-0.2, -0.15) is 0 Å². The van der Waals surface area contributed by atoms with Gasteiger partial charge in [0, 0.05) is 0 Å². The Hall–Kier alpha value is -2.38. The van der Waals surface area contributed by atoms with Crippen molar-refractivity contribution in [2.24, 2.45) is 11.8 Å². The van der Waals surface area contributed by atoms with Crippen molar-refractivity contribution >= 4 is 23.6 Å². The average molecular weight is 341 g/mol. The molecule has 0 aliphatic heterocycles. The van der Waals surface area contributed by atoms with E-state index in [-0.39, 0.29) is 0 Å². The van der Waals surface area contributed by atoms with E-state index in [1.54, 1.807) is 0 Å². The highest BCUT2D eigenvalue weighted by molar-refractivity contribution is 7.11. The molecule has 1 aliphatic rings. The van der Waals surface area contributed by atoms with E-state index in [0.717, 1.165) is 5.92 Å². The van der Waals surface area contributed by atoms with Crippen LogP contribution in [0.25, 0.3) is 0 Å². The Balaban J connectivity index is 1.93. The molecule has 1 heteroatoms. The first-order chi connectivity index (χ1) is 12.3. The number of benzene rings is 3. The maximum Gasteiger partial charge on any atom is 0.148 e. The van der Waals surface area contributed by atoms with Crippen molar-refractivity contribution in [2.75, 3.05) is 0 Å². The van der Waals surface area contributed by atoms with Gasteiger partial charge in [0.05, 0.1) is 0 Å². The molecule has 4 rings (SSSR count). The van der Waals surface area contributed by atoms with Crippen molar-refractivity contribution in [3.05, 3.63) is 104 Å². The zero-order valence-electron chi connectivity index (χ0n) is 14.5. The first-order valence-electron chi connectivity index (χ1n) is 9.14. The van der Waals surface area contributed by atoms with E-state index >= 15 is 0 Å². The summed E-state index contributed by atoms with van der Waals surface area (Å²) in [6.45, 7) is 4.04. The standard InChI is InChI=1S/C24H24Si/c1-2-20-18-21(20)19-25(22-12-6-3-7-13-22,23-14-8-4-9-15-23)24-16-10-5-11-17-24/h2-17,20-21H,1,18-19H2/t20-,21-/m0/s1. The summed E-state index contributed by atoms with van der Waals surface area (Å²) in [4.78, 5) is 0. The Kier molecular flexibility index (Phi) is 4.41. The van der Waals surface area contributed by atoms with Crippen molar-refractivity contribution in [3.63, 3.8) is 0 Å². The fourth-order valence-corrected chi connectivity index (χ4v) is 9.46. The normalized spacial score (nSPS) is 19.4. The van der Waals surface area contributed by atoms with Gasteiger partial charge < -0.3 is 0 Å². The molecule has 25 heavy (non-hydrogen) atoms. The molecule has 0 aromatic heterocycles. The van der Waals surface area contributed by atoms with Gasteiger partial charge in [-0.25, -0.2) is 0 Å². The molecule has 0 N–H and O–H groups in total. The van der Waals surface area contributed by atoms with E-state index in [0.29, 0.717) is 5.92 Å². The molecule has 124 valence electrons. The summed E-state index contributed by atoms with van der Waals surface area (Å²) in [5.41, 5.74) is 0. The Bertz CT molecular complexity index is 727. The number of allylic oxidation sites excluding steroid dienone is 1. The van der Waals surface area contributed by atoms with Crippen LogP contribution in [0.4, 0.5) is 0 Å².